The van der Waals surface area contributed by atoms with Crippen LogP contribution in [0.1, 0.15) is 16.1 Å². The van der Waals surface area contributed by atoms with Gasteiger partial charge in [0, 0.05) is 17.5 Å². The van der Waals surface area contributed by atoms with Gasteiger partial charge in [-0.3, -0.25) is 4.79 Å². The SMILES string of the molecule is Cc1cc(C(=O)Nc2cccnc2Cl)c2c(-c3ccc4c(c3)OCO4)noc2n1. The van der Waals surface area contributed by atoms with E-state index in [0.29, 0.717) is 45.1 Å². The standard InChI is InChI=1S/C20H13ClN4O4/c1-10-7-12(19(26)24-13-3-2-6-22-18(13)21)16-17(25-29-20(16)23-10)11-4-5-14-15(8-11)28-9-27-14/h2-8H,9H2,1H3,(H,24,26). The van der Waals surface area contributed by atoms with Crippen molar-refractivity contribution in [2.75, 3.05) is 12.1 Å². The largest absolute Gasteiger partial charge is 0.454 e. The highest BCUT2D eigenvalue weighted by Gasteiger charge is 2.23. The van der Waals surface area contributed by atoms with Crippen LogP contribution in [0.15, 0.2) is 47.1 Å². The van der Waals surface area contributed by atoms with E-state index in [0.717, 1.165) is 0 Å². The number of rotatable bonds is 3. The van der Waals surface area contributed by atoms with Crippen molar-refractivity contribution in [2.24, 2.45) is 0 Å². The molecule has 144 valence electrons. The van der Waals surface area contributed by atoms with Crippen LogP contribution in [0, 0.1) is 6.92 Å². The van der Waals surface area contributed by atoms with Gasteiger partial charge in [0.1, 0.15) is 5.69 Å². The number of halogens is 1. The van der Waals surface area contributed by atoms with E-state index < -0.39 is 0 Å². The van der Waals surface area contributed by atoms with Crippen LogP contribution in [0.2, 0.25) is 5.15 Å². The van der Waals surface area contributed by atoms with Crippen LogP contribution >= 0.6 is 11.6 Å². The number of aryl methyl sites for hydroxylation is 1. The number of aromatic nitrogens is 3. The van der Waals surface area contributed by atoms with Crippen molar-refractivity contribution < 1.29 is 18.8 Å². The van der Waals surface area contributed by atoms with Gasteiger partial charge in [0.2, 0.25) is 6.79 Å². The average Bonchev–Trinajstić information content (AvgIpc) is 3.35. The minimum atomic E-state index is -0.374. The molecule has 29 heavy (non-hydrogen) atoms. The number of amides is 1. The summed E-state index contributed by atoms with van der Waals surface area (Å²) in [5, 5.41) is 7.62. The molecule has 0 radical (unpaired) electrons. The Balaban J connectivity index is 1.63. The van der Waals surface area contributed by atoms with Crippen LogP contribution in [0.25, 0.3) is 22.4 Å². The molecular weight excluding hydrogens is 396 g/mol. The number of anilines is 1. The Hall–Kier alpha value is -3.65. The molecule has 0 atom stereocenters. The molecule has 4 heterocycles. The lowest BCUT2D eigenvalue weighted by Crippen LogP contribution is -2.13. The lowest BCUT2D eigenvalue weighted by molar-refractivity contribution is 0.102. The Bertz CT molecular complexity index is 1270. The number of carbonyl (C=O) groups excluding carboxylic acids is 1. The Morgan fingerprint density at radius 2 is 2.03 bits per heavy atom. The molecule has 1 aliphatic heterocycles. The maximum atomic E-state index is 13.1. The smallest absolute Gasteiger partial charge is 0.259 e. The second kappa shape index (κ2) is 6.75. The van der Waals surface area contributed by atoms with E-state index in [1.165, 1.54) is 0 Å². The monoisotopic (exact) mass is 408 g/mol. The summed E-state index contributed by atoms with van der Waals surface area (Å²) in [6, 6.07) is 10.4. The van der Waals surface area contributed by atoms with Gasteiger partial charge in [-0.05, 0) is 43.3 Å². The molecule has 8 nitrogen and oxygen atoms in total. The number of ether oxygens (including phenoxy) is 2. The Labute approximate surface area is 169 Å². The second-order valence-corrected chi connectivity index (χ2v) is 6.74. The molecule has 0 unspecified atom stereocenters. The zero-order chi connectivity index (χ0) is 20.0. The molecule has 0 aliphatic carbocycles. The van der Waals surface area contributed by atoms with Crippen LogP contribution in [0.5, 0.6) is 11.5 Å². The van der Waals surface area contributed by atoms with Crippen molar-refractivity contribution in [1.82, 2.24) is 15.1 Å². The summed E-state index contributed by atoms with van der Waals surface area (Å²) in [4.78, 5) is 21.4. The molecule has 0 saturated heterocycles. The molecule has 9 heteroatoms. The molecule has 3 aromatic heterocycles. The lowest BCUT2D eigenvalue weighted by atomic mass is 10.0. The minimum absolute atomic E-state index is 0.165. The summed E-state index contributed by atoms with van der Waals surface area (Å²) in [5.41, 5.74) is 2.85. The van der Waals surface area contributed by atoms with E-state index in [1.54, 1.807) is 43.5 Å². The summed E-state index contributed by atoms with van der Waals surface area (Å²) in [6.07, 6.45) is 1.55. The van der Waals surface area contributed by atoms with Crippen LogP contribution in [0.3, 0.4) is 0 Å². The predicted molar refractivity (Wildman–Crippen MR) is 105 cm³/mol. The maximum absolute atomic E-state index is 13.1. The van der Waals surface area contributed by atoms with Crippen LogP contribution in [-0.2, 0) is 0 Å². The van der Waals surface area contributed by atoms with Gasteiger partial charge in [0.25, 0.3) is 11.6 Å². The van der Waals surface area contributed by atoms with Gasteiger partial charge in [-0.15, -0.1) is 0 Å². The van der Waals surface area contributed by atoms with Crippen molar-refractivity contribution in [3.8, 4) is 22.8 Å². The highest BCUT2D eigenvalue weighted by molar-refractivity contribution is 6.32. The number of hydrogen-bond donors (Lipinski definition) is 1. The highest BCUT2D eigenvalue weighted by Crippen LogP contribution is 2.38. The summed E-state index contributed by atoms with van der Waals surface area (Å²) in [6.45, 7) is 1.94. The lowest BCUT2D eigenvalue weighted by Gasteiger charge is -2.08. The number of nitrogens with zero attached hydrogens (tertiary/aromatic N) is 3. The minimum Gasteiger partial charge on any atom is -0.454 e. The van der Waals surface area contributed by atoms with Crippen molar-refractivity contribution in [3.05, 3.63) is 59.0 Å². The van der Waals surface area contributed by atoms with Crippen molar-refractivity contribution >= 4 is 34.3 Å². The van der Waals surface area contributed by atoms with E-state index in [9.17, 15) is 4.79 Å². The molecule has 1 aromatic carbocycles. The third kappa shape index (κ3) is 3.03. The molecule has 1 N–H and O–H groups in total. The molecule has 1 amide bonds. The summed E-state index contributed by atoms with van der Waals surface area (Å²) in [5.74, 6) is 0.882. The summed E-state index contributed by atoms with van der Waals surface area (Å²) >= 11 is 6.07. The topological polar surface area (TPSA) is 99.4 Å². The van der Waals surface area contributed by atoms with Gasteiger partial charge in [0.15, 0.2) is 16.7 Å². The second-order valence-electron chi connectivity index (χ2n) is 6.39. The van der Waals surface area contributed by atoms with Crippen molar-refractivity contribution in [1.29, 1.82) is 0 Å². The number of hydrogen-bond acceptors (Lipinski definition) is 7. The first kappa shape index (κ1) is 17.4. The van der Waals surface area contributed by atoms with Gasteiger partial charge in [0.05, 0.1) is 16.6 Å². The number of fused-ring (bicyclic) bond motifs is 2. The third-order valence-electron chi connectivity index (χ3n) is 4.47. The molecule has 0 bridgehead atoms. The van der Waals surface area contributed by atoms with Gasteiger partial charge in [-0.2, -0.15) is 0 Å². The first-order chi connectivity index (χ1) is 14.1. The van der Waals surface area contributed by atoms with Gasteiger partial charge < -0.3 is 19.3 Å². The Kier molecular flexibility index (Phi) is 4.06. The van der Waals surface area contributed by atoms with Gasteiger partial charge in [-0.25, -0.2) is 9.97 Å². The number of benzene rings is 1. The van der Waals surface area contributed by atoms with Crippen LogP contribution < -0.4 is 14.8 Å². The quantitative estimate of drug-likeness (QED) is 0.506. The normalized spacial score (nSPS) is 12.3. The number of nitrogens with one attached hydrogen (secondary N) is 1. The van der Waals surface area contributed by atoms with Crippen molar-refractivity contribution in [2.45, 2.75) is 6.92 Å². The first-order valence-electron chi connectivity index (χ1n) is 8.69. The maximum Gasteiger partial charge on any atom is 0.259 e. The molecule has 0 spiro atoms. The zero-order valence-electron chi connectivity index (χ0n) is 15.1. The Morgan fingerprint density at radius 3 is 2.90 bits per heavy atom. The first-order valence-corrected chi connectivity index (χ1v) is 9.07. The molecular formula is C20H13ClN4O4. The van der Waals surface area contributed by atoms with E-state index in [2.05, 4.69) is 20.4 Å². The average molecular weight is 409 g/mol. The third-order valence-corrected chi connectivity index (χ3v) is 4.77. The van der Waals surface area contributed by atoms with Gasteiger partial charge in [-0.1, -0.05) is 16.8 Å². The fourth-order valence-corrected chi connectivity index (χ4v) is 3.33. The molecule has 5 rings (SSSR count). The predicted octanol–water partition coefficient (Wildman–Crippen LogP) is 4.23. The van der Waals surface area contributed by atoms with E-state index in [-0.39, 0.29) is 23.6 Å². The fourth-order valence-electron chi connectivity index (χ4n) is 3.16. The Morgan fingerprint density at radius 1 is 1.17 bits per heavy atom. The van der Waals surface area contributed by atoms with Crippen molar-refractivity contribution in [3.63, 3.8) is 0 Å². The zero-order valence-corrected chi connectivity index (χ0v) is 15.9. The number of pyridine rings is 2. The fraction of sp³-hybridized carbons (Fsp3) is 0.100. The molecule has 4 aromatic rings. The van der Waals surface area contributed by atoms with E-state index >= 15 is 0 Å². The van der Waals surface area contributed by atoms with Crippen LogP contribution in [-0.4, -0.2) is 27.8 Å². The summed E-state index contributed by atoms with van der Waals surface area (Å²) in [7, 11) is 0. The molecule has 0 saturated carbocycles. The van der Waals surface area contributed by atoms with E-state index in [1.807, 2.05) is 6.07 Å². The summed E-state index contributed by atoms with van der Waals surface area (Å²) < 4.78 is 16.2. The number of carbonyl (C=O) groups is 1. The van der Waals surface area contributed by atoms with Crippen LogP contribution in [0.4, 0.5) is 5.69 Å². The molecule has 1 aliphatic rings. The molecule has 0 fully saturated rings. The van der Waals surface area contributed by atoms with Gasteiger partial charge >= 0.3 is 0 Å². The van der Waals surface area contributed by atoms with E-state index in [4.69, 9.17) is 25.6 Å². The highest BCUT2D eigenvalue weighted by atomic mass is 35.5.